The van der Waals surface area contributed by atoms with Crippen LogP contribution in [0.2, 0.25) is 0 Å². The molecule has 0 bridgehead atoms. The highest BCUT2D eigenvalue weighted by atomic mass is 32.1. The van der Waals surface area contributed by atoms with E-state index in [4.69, 9.17) is 9.72 Å². The number of hydrogen-bond acceptors (Lipinski definition) is 5. The number of aliphatic hydroxyl groups excluding tert-OH is 1. The molecule has 112 valence electrons. The highest BCUT2D eigenvalue weighted by Crippen LogP contribution is 2.44. The highest BCUT2D eigenvalue weighted by molar-refractivity contribution is 7.15. The average molecular weight is 296 g/mol. The van der Waals surface area contributed by atoms with Crippen LogP contribution >= 0.6 is 11.3 Å². The summed E-state index contributed by atoms with van der Waals surface area (Å²) in [7, 11) is 0. The largest absolute Gasteiger partial charge is 0.387 e. The molecule has 1 aliphatic carbocycles. The fraction of sp³-hybridized carbons (Fsp3) is 0.800. The Morgan fingerprint density at radius 1 is 1.30 bits per heavy atom. The van der Waals surface area contributed by atoms with Crippen molar-refractivity contribution < 1.29 is 9.84 Å². The Bertz CT molecular complexity index is 490. The Balaban J connectivity index is 1.86. The lowest BCUT2D eigenvalue weighted by atomic mass is 9.77. The van der Waals surface area contributed by atoms with E-state index in [2.05, 4.69) is 32.6 Å². The molecule has 20 heavy (non-hydrogen) atoms. The normalized spacial score (nSPS) is 33.0. The highest BCUT2D eigenvalue weighted by Gasteiger charge is 2.35. The van der Waals surface area contributed by atoms with E-state index in [-0.39, 0.29) is 23.7 Å². The molecule has 1 N–H and O–H groups in total. The summed E-state index contributed by atoms with van der Waals surface area (Å²) in [6, 6.07) is 0. The van der Waals surface area contributed by atoms with Gasteiger partial charge in [-0.05, 0) is 32.1 Å². The standard InChI is InChI=1S/C15H24N2O2S/c1-9-7-17(8-10(2)19-9)14-16-11-5-15(3,4)6-12(18)13(11)20-14/h9-10,12,18H,5-8H2,1-4H3. The second-order valence-corrected chi connectivity index (χ2v) is 8.04. The van der Waals surface area contributed by atoms with Gasteiger partial charge in [0.15, 0.2) is 5.13 Å². The van der Waals surface area contributed by atoms with Gasteiger partial charge in [0.1, 0.15) is 0 Å². The zero-order valence-electron chi connectivity index (χ0n) is 12.7. The molecule has 0 spiro atoms. The van der Waals surface area contributed by atoms with Gasteiger partial charge in [-0.25, -0.2) is 4.98 Å². The number of thiazole rings is 1. The maximum Gasteiger partial charge on any atom is 0.186 e. The van der Waals surface area contributed by atoms with Gasteiger partial charge in [0.25, 0.3) is 0 Å². The molecule has 1 aliphatic heterocycles. The number of aromatic nitrogens is 1. The van der Waals surface area contributed by atoms with Crippen molar-refractivity contribution in [2.24, 2.45) is 5.41 Å². The zero-order valence-corrected chi connectivity index (χ0v) is 13.5. The Hall–Kier alpha value is -0.650. The molecule has 0 saturated carbocycles. The molecule has 3 atom stereocenters. The van der Waals surface area contributed by atoms with E-state index >= 15 is 0 Å². The molecule has 3 unspecified atom stereocenters. The van der Waals surface area contributed by atoms with Gasteiger partial charge >= 0.3 is 0 Å². The predicted molar refractivity (Wildman–Crippen MR) is 81.4 cm³/mol. The van der Waals surface area contributed by atoms with Crippen LogP contribution in [0, 0.1) is 5.41 Å². The molecule has 1 saturated heterocycles. The fourth-order valence-electron chi connectivity index (χ4n) is 3.35. The Morgan fingerprint density at radius 3 is 2.60 bits per heavy atom. The van der Waals surface area contributed by atoms with Gasteiger partial charge in [0, 0.05) is 13.1 Å². The number of morpholine rings is 1. The Kier molecular flexibility index (Phi) is 3.55. The van der Waals surface area contributed by atoms with E-state index < -0.39 is 0 Å². The molecule has 0 aromatic carbocycles. The van der Waals surface area contributed by atoms with Crippen LogP contribution in [0.5, 0.6) is 0 Å². The van der Waals surface area contributed by atoms with Crippen LogP contribution in [-0.2, 0) is 11.2 Å². The summed E-state index contributed by atoms with van der Waals surface area (Å²) in [6.07, 6.45) is 1.92. The molecule has 3 rings (SSSR count). The van der Waals surface area contributed by atoms with Crippen molar-refractivity contribution >= 4 is 16.5 Å². The number of rotatable bonds is 1. The van der Waals surface area contributed by atoms with E-state index in [1.165, 1.54) is 0 Å². The lowest BCUT2D eigenvalue weighted by molar-refractivity contribution is -0.00524. The SMILES string of the molecule is CC1CN(c2nc3c(s2)C(O)CC(C)(C)C3)CC(C)O1. The average Bonchev–Trinajstić information content (AvgIpc) is 2.69. The maximum absolute atomic E-state index is 10.3. The molecule has 0 amide bonds. The van der Waals surface area contributed by atoms with Gasteiger partial charge in [0.2, 0.25) is 0 Å². The van der Waals surface area contributed by atoms with Crippen molar-refractivity contribution in [3.8, 4) is 0 Å². The minimum absolute atomic E-state index is 0.142. The summed E-state index contributed by atoms with van der Waals surface area (Å²) >= 11 is 1.66. The van der Waals surface area contributed by atoms with E-state index in [0.29, 0.717) is 0 Å². The van der Waals surface area contributed by atoms with Crippen LogP contribution in [0.1, 0.15) is 50.8 Å². The first-order chi connectivity index (χ1) is 9.34. The van der Waals surface area contributed by atoms with Crippen molar-refractivity contribution in [2.45, 2.75) is 58.8 Å². The van der Waals surface area contributed by atoms with Gasteiger partial charge in [-0.3, -0.25) is 0 Å². The molecule has 2 heterocycles. The second kappa shape index (κ2) is 4.97. The quantitative estimate of drug-likeness (QED) is 0.865. The third-order valence-corrected chi connectivity index (χ3v) is 5.36. The fourth-order valence-corrected chi connectivity index (χ4v) is 4.43. The summed E-state index contributed by atoms with van der Waals surface area (Å²) in [5.41, 5.74) is 1.24. The third-order valence-electron chi connectivity index (χ3n) is 4.10. The molecular weight excluding hydrogens is 272 g/mol. The van der Waals surface area contributed by atoms with E-state index in [1.807, 2.05) is 0 Å². The molecular formula is C15H24N2O2S. The number of anilines is 1. The van der Waals surface area contributed by atoms with Crippen LogP contribution < -0.4 is 4.90 Å². The van der Waals surface area contributed by atoms with Gasteiger partial charge in [-0.2, -0.15) is 0 Å². The predicted octanol–water partition coefficient (Wildman–Crippen LogP) is 2.76. The van der Waals surface area contributed by atoms with Crippen LogP contribution in [-0.4, -0.2) is 35.4 Å². The number of hydrogen-bond donors (Lipinski definition) is 1. The number of nitrogens with zero attached hydrogens (tertiary/aromatic N) is 2. The van der Waals surface area contributed by atoms with Crippen molar-refractivity contribution in [3.05, 3.63) is 10.6 Å². The molecule has 0 radical (unpaired) electrons. The van der Waals surface area contributed by atoms with Crippen LogP contribution in [0.3, 0.4) is 0 Å². The molecule has 2 aliphatic rings. The van der Waals surface area contributed by atoms with E-state index in [0.717, 1.165) is 41.6 Å². The van der Waals surface area contributed by atoms with Gasteiger partial charge in [-0.1, -0.05) is 25.2 Å². The van der Waals surface area contributed by atoms with Gasteiger partial charge in [0.05, 0.1) is 28.9 Å². The minimum atomic E-state index is -0.351. The molecule has 1 aromatic heterocycles. The van der Waals surface area contributed by atoms with Crippen molar-refractivity contribution in [1.82, 2.24) is 4.98 Å². The van der Waals surface area contributed by atoms with Crippen LogP contribution in [0.25, 0.3) is 0 Å². The lowest BCUT2D eigenvalue weighted by Gasteiger charge is -2.35. The third kappa shape index (κ3) is 2.71. The Morgan fingerprint density at radius 2 is 1.95 bits per heavy atom. The number of ether oxygens (including phenoxy) is 1. The van der Waals surface area contributed by atoms with Crippen LogP contribution in [0.4, 0.5) is 5.13 Å². The summed E-state index contributed by atoms with van der Waals surface area (Å²) in [6.45, 7) is 10.4. The number of fused-ring (bicyclic) bond motifs is 1. The monoisotopic (exact) mass is 296 g/mol. The summed E-state index contributed by atoms with van der Waals surface area (Å²) in [4.78, 5) is 8.20. The van der Waals surface area contributed by atoms with Gasteiger partial charge in [-0.15, -0.1) is 0 Å². The van der Waals surface area contributed by atoms with Crippen molar-refractivity contribution in [1.29, 1.82) is 0 Å². The molecule has 5 heteroatoms. The Labute approximate surface area is 124 Å². The summed E-state index contributed by atoms with van der Waals surface area (Å²) in [5.74, 6) is 0. The van der Waals surface area contributed by atoms with Gasteiger partial charge < -0.3 is 14.7 Å². The van der Waals surface area contributed by atoms with Crippen LogP contribution in [0.15, 0.2) is 0 Å². The topological polar surface area (TPSA) is 45.6 Å². The summed E-state index contributed by atoms with van der Waals surface area (Å²) < 4.78 is 5.78. The van der Waals surface area contributed by atoms with E-state index in [1.54, 1.807) is 11.3 Å². The molecule has 1 aromatic rings. The first kappa shape index (κ1) is 14.3. The van der Waals surface area contributed by atoms with E-state index in [9.17, 15) is 5.11 Å². The zero-order chi connectivity index (χ0) is 14.5. The summed E-state index contributed by atoms with van der Waals surface area (Å²) in [5, 5.41) is 11.4. The minimum Gasteiger partial charge on any atom is -0.387 e. The molecule has 4 nitrogen and oxygen atoms in total. The lowest BCUT2D eigenvalue weighted by Crippen LogP contribution is -2.45. The number of aliphatic hydroxyl groups is 1. The second-order valence-electron chi connectivity index (χ2n) is 7.03. The molecule has 1 fully saturated rings. The first-order valence-electron chi connectivity index (χ1n) is 7.42. The van der Waals surface area contributed by atoms with Crippen molar-refractivity contribution in [2.75, 3.05) is 18.0 Å². The van der Waals surface area contributed by atoms with Crippen molar-refractivity contribution in [3.63, 3.8) is 0 Å². The maximum atomic E-state index is 10.3. The smallest absolute Gasteiger partial charge is 0.186 e. The first-order valence-corrected chi connectivity index (χ1v) is 8.24.